The van der Waals surface area contributed by atoms with Crippen molar-refractivity contribution in [2.24, 2.45) is 0 Å². The van der Waals surface area contributed by atoms with E-state index in [2.05, 4.69) is 19.9 Å². The number of hydrogen-bond donors (Lipinski definition) is 0. The number of ether oxygens (including phenoxy) is 2. The van der Waals surface area contributed by atoms with Crippen molar-refractivity contribution in [1.82, 2.24) is 19.9 Å². The fraction of sp³-hybridized carbons (Fsp3) is 0. The molecule has 20 heteroatoms. The molecule has 0 unspecified atom stereocenters. The molecule has 14 nitrogen and oxygen atoms in total. The second kappa shape index (κ2) is 18.7. The molecule has 0 saturated heterocycles. The maximum absolute atomic E-state index is 12.7. The molecule has 8 rings (SSSR count). The van der Waals surface area contributed by atoms with Crippen LogP contribution in [0.3, 0.4) is 0 Å². The van der Waals surface area contributed by atoms with Crippen molar-refractivity contribution in [3.8, 4) is 34.4 Å². The van der Waals surface area contributed by atoms with Gasteiger partial charge in [0, 0.05) is 46.8 Å². The third kappa shape index (κ3) is 10.0. The number of fused-ring (bicyclic) bond motifs is 2. The second-order valence-corrected chi connectivity index (χ2v) is 15.9. The van der Waals surface area contributed by atoms with Crippen LogP contribution < -0.4 is 77.4 Å². The first-order valence-electron chi connectivity index (χ1n) is 16.9. The predicted octanol–water partition coefficient (Wildman–Crippen LogP) is 3.22. The number of nitrogens with zero attached hydrogens (tertiary/aromatic N) is 6. The third-order valence-corrected chi connectivity index (χ3v) is 11.2. The topological polar surface area (TPSA) is 191 Å². The number of benzene rings is 6. The van der Waals surface area contributed by atoms with Gasteiger partial charge in [-0.3, -0.25) is 0 Å². The van der Waals surface area contributed by atoms with Crippen LogP contribution in [0, 0.1) is 0 Å². The molecule has 0 saturated carbocycles. The molecule has 0 fully saturated rings. The summed E-state index contributed by atoms with van der Waals surface area (Å²) < 4.78 is 89.9. The van der Waals surface area contributed by atoms with Gasteiger partial charge in [-0.15, -0.1) is 0 Å². The summed E-state index contributed by atoms with van der Waals surface area (Å²) in [5, 5.41) is 3.89. The zero-order valence-corrected chi connectivity index (χ0v) is 38.5. The first-order chi connectivity index (χ1) is 27.8. The summed E-state index contributed by atoms with van der Waals surface area (Å²) in [6, 6.07) is 35.9. The summed E-state index contributed by atoms with van der Waals surface area (Å²) >= 11 is 13.2. The summed E-state index contributed by atoms with van der Waals surface area (Å²) in [5.74, 6) is 1.25. The Balaban J connectivity index is 0.00000302. The molecule has 0 radical (unpaired) electrons. The minimum absolute atomic E-state index is 0. The molecule has 0 spiro atoms. The van der Waals surface area contributed by atoms with Gasteiger partial charge in [0.25, 0.3) is 0 Å². The Bertz CT molecular complexity index is 2910. The molecule has 0 aliphatic rings. The summed E-state index contributed by atoms with van der Waals surface area (Å²) in [6.45, 7) is 0. The standard InChI is InChI=1S/C40H26Cl2N6O8S2.2Na/c41-47(37-21-39(45-23-43-37)55-31-13-9-25-5-1-3-7-27(25)17-31)29-11-15-33(35(19-29)57(49,50)51)34-16-12-30(20-36(34)58(52,53)54)48(42)38-22-40(46-24-44-38)56-32-14-10-26-6-2-4-8-28(26)18-32;;/h1-24H,(H,49,50,51)(H,52,53,54);;/q;2*+1/p-2. The Morgan fingerprint density at radius 1 is 0.467 bits per heavy atom. The zero-order valence-electron chi connectivity index (χ0n) is 31.4. The van der Waals surface area contributed by atoms with Crippen LogP contribution in [0.4, 0.5) is 23.0 Å². The molecule has 0 atom stereocenters. The molecule has 290 valence electrons. The van der Waals surface area contributed by atoms with Gasteiger partial charge >= 0.3 is 59.1 Å². The van der Waals surface area contributed by atoms with Gasteiger partial charge in [-0.2, -0.15) is 0 Å². The summed E-state index contributed by atoms with van der Waals surface area (Å²) in [6.07, 6.45) is 2.35. The fourth-order valence-corrected chi connectivity index (χ4v) is 7.90. The minimum atomic E-state index is -5.32. The van der Waals surface area contributed by atoms with Crippen molar-refractivity contribution in [2.75, 3.05) is 8.84 Å². The Morgan fingerprint density at radius 3 is 1.23 bits per heavy atom. The molecule has 2 aromatic heterocycles. The smallest absolute Gasteiger partial charge is 0.744 e. The van der Waals surface area contributed by atoms with E-state index in [0.29, 0.717) is 11.5 Å². The Hall–Kier alpha value is -4.40. The maximum Gasteiger partial charge on any atom is 1.00 e. The quantitative estimate of drug-likeness (QED) is 0.105. The van der Waals surface area contributed by atoms with Crippen LogP contribution in [0.1, 0.15) is 0 Å². The van der Waals surface area contributed by atoms with Crippen LogP contribution >= 0.6 is 23.6 Å². The molecular formula is C40H24Cl2N6Na2O8S2. The predicted molar refractivity (Wildman–Crippen MR) is 216 cm³/mol. The second-order valence-electron chi connectivity index (χ2n) is 12.5. The van der Waals surface area contributed by atoms with E-state index in [1.807, 2.05) is 72.8 Å². The largest absolute Gasteiger partial charge is 1.00 e. The number of aromatic nitrogens is 4. The number of anilines is 4. The van der Waals surface area contributed by atoms with E-state index in [1.54, 1.807) is 12.1 Å². The zero-order chi connectivity index (χ0) is 40.6. The molecule has 0 bridgehead atoms. The van der Waals surface area contributed by atoms with E-state index in [0.717, 1.165) is 54.6 Å². The van der Waals surface area contributed by atoms with Crippen LogP contribution in [0.2, 0.25) is 0 Å². The van der Waals surface area contributed by atoms with E-state index < -0.39 is 30.0 Å². The van der Waals surface area contributed by atoms with Gasteiger partial charge in [0.1, 0.15) is 44.4 Å². The monoisotopic (exact) mass is 896 g/mol. The molecule has 2 heterocycles. The van der Waals surface area contributed by atoms with Gasteiger partial charge in [0.05, 0.1) is 21.2 Å². The van der Waals surface area contributed by atoms with Gasteiger partial charge in [0.15, 0.2) is 11.6 Å². The van der Waals surface area contributed by atoms with Gasteiger partial charge in [-0.05, 0) is 70.1 Å². The molecule has 0 amide bonds. The Labute approximate surface area is 398 Å². The fourth-order valence-electron chi connectivity index (χ4n) is 6.08. The van der Waals surface area contributed by atoms with Crippen molar-refractivity contribution in [3.63, 3.8) is 0 Å². The molecule has 6 aromatic carbocycles. The van der Waals surface area contributed by atoms with Crippen molar-refractivity contribution in [2.45, 2.75) is 9.79 Å². The molecule has 0 N–H and O–H groups in total. The molecule has 60 heavy (non-hydrogen) atoms. The van der Waals surface area contributed by atoms with E-state index in [4.69, 9.17) is 33.0 Å². The SMILES string of the molecule is O=S(=O)([O-])c1cc(N(Cl)c2cc(Oc3ccc4ccccc4c3)ncn2)ccc1-c1ccc(N(Cl)c2cc(Oc3ccc4ccccc4c3)ncn2)cc1S(=O)(=O)[O-].[Na+].[Na+]. The minimum Gasteiger partial charge on any atom is -0.744 e. The normalized spacial score (nSPS) is 11.3. The first-order valence-corrected chi connectivity index (χ1v) is 20.4. The van der Waals surface area contributed by atoms with Gasteiger partial charge in [-0.25, -0.2) is 45.6 Å². The Morgan fingerprint density at radius 2 is 0.850 bits per heavy atom. The average molecular weight is 898 g/mol. The molecule has 8 aromatic rings. The van der Waals surface area contributed by atoms with E-state index in [9.17, 15) is 25.9 Å². The summed E-state index contributed by atoms with van der Waals surface area (Å²) in [4.78, 5) is 14.8. The van der Waals surface area contributed by atoms with Crippen molar-refractivity contribution < 1.29 is 94.5 Å². The van der Waals surface area contributed by atoms with Crippen LogP contribution in [-0.2, 0) is 20.2 Å². The van der Waals surface area contributed by atoms with E-state index in [-0.39, 0.29) is 105 Å². The van der Waals surface area contributed by atoms with Crippen molar-refractivity contribution in [3.05, 3.63) is 146 Å². The van der Waals surface area contributed by atoms with E-state index >= 15 is 0 Å². The first kappa shape index (κ1) is 45.1. The van der Waals surface area contributed by atoms with E-state index in [1.165, 1.54) is 36.9 Å². The maximum atomic E-state index is 12.7. The van der Waals surface area contributed by atoms with Crippen molar-refractivity contribution in [1.29, 1.82) is 0 Å². The molecular weight excluding hydrogens is 873 g/mol. The van der Waals surface area contributed by atoms with Crippen LogP contribution in [0.15, 0.2) is 156 Å². The average Bonchev–Trinajstić information content (AvgIpc) is 3.22. The summed E-state index contributed by atoms with van der Waals surface area (Å²) in [5.41, 5.74) is -0.865. The molecule has 0 aliphatic heterocycles. The van der Waals surface area contributed by atoms with Gasteiger partial charge < -0.3 is 18.6 Å². The van der Waals surface area contributed by atoms with Gasteiger partial charge in [0.2, 0.25) is 11.8 Å². The van der Waals surface area contributed by atoms with Crippen molar-refractivity contribution >= 4 is 88.3 Å². The van der Waals surface area contributed by atoms with Crippen LogP contribution in [-0.4, -0.2) is 45.9 Å². The van der Waals surface area contributed by atoms with Crippen LogP contribution in [0.5, 0.6) is 23.3 Å². The third-order valence-electron chi connectivity index (χ3n) is 8.76. The number of hydrogen-bond acceptors (Lipinski definition) is 14. The van der Waals surface area contributed by atoms with Crippen LogP contribution in [0.25, 0.3) is 32.7 Å². The number of halogens is 2. The summed E-state index contributed by atoms with van der Waals surface area (Å²) in [7, 11) is -10.6. The van der Waals surface area contributed by atoms with Gasteiger partial charge in [-0.1, -0.05) is 72.8 Å². The molecule has 0 aliphatic carbocycles. The number of rotatable bonds is 11. The Kier molecular flexibility index (Phi) is 14.1.